The second kappa shape index (κ2) is 8.60. The van der Waals surface area contributed by atoms with Crippen LogP contribution in [0.4, 0.5) is 0 Å². The van der Waals surface area contributed by atoms with Crippen LogP contribution in [0.15, 0.2) is 121 Å². The van der Waals surface area contributed by atoms with Gasteiger partial charge in [0.2, 0.25) is 0 Å². The largest absolute Gasteiger partial charge is 0.309 e. The molecule has 0 fully saturated rings. The van der Waals surface area contributed by atoms with Crippen molar-refractivity contribution in [1.82, 2.24) is 4.57 Å². The predicted molar refractivity (Wildman–Crippen MR) is 141 cm³/mol. The van der Waals surface area contributed by atoms with Crippen LogP contribution in [0.25, 0.3) is 39.3 Å². The van der Waals surface area contributed by atoms with Crippen LogP contribution in [0.2, 0.25) is 0 Å². The van der Waals surface area contributed by atoms with E-state index in [2.05, 4.69) is 147 Å². The zero-order valence-electron chi connectivity index (χ0n) is 19.5. The third-order valence-corrected chi connectivity index (χ3v) is 6.23. The SMILES string of the molecule is CC(C)(C)c1ccc(-c2ccc(-c3ccc(-c4ccccc4)cc3)n2-c2ccccc2)cc1. The Kier molecular flexibility index (Phi) is 5.48. The van der Waals surface area contributed by atoms with Crippen LogP contribution in [0, 0.1) is 0 Å². The van der Waals surface area contributed by atoms with Gasteiger partial charge in [0.1, 0.15) is 0 Å². The molecule has 5 rings (SSSR count). The molecule has 1 nitrogen and oxygen atoms in total. The minimum Gasteiger partial charge on any atom is -0.309 e. The molecule has 0 aliphatic rings. The minimum atomic E-state index is 0.144. The van der Waals surface area contributed by atoms with E-state index in [1.165, 1.54) is 44.9 Å². The maximum atomic E-state index is 2.36. The summed E-state index contributed by atoms with van der Waals surface area (Å²) in [4.78, 5) is 0. The van der Waals surface area contributed by atoms with Crippen molar-refractivity contribution in [2.75, 3.05) is 0 Å². The first-order valence-electron chi connectivity index (χ1n) is 11.5. The van der Waals surface area contributed by atoms with Crippen LogP contribution in [0.3, 0.4) is 0 Å². The Morgan fingerprint density at radius 2 is 0.848 bits per heavy atom. The Hall–Kier alpha value is -3.84. The Labute approximate surface area is 197 Å². The Morgan fingerprint density at radius 1 is 0.424 bits per heavy atom. The summed E-state index contributed by atoms with van der Waals surface area (Å²) in [6.45, 7) is 6.77. The number of benzene rings is 4. The fraction of sp³-hybridized carbons (Fsp3) is 0.125. The van der Waals surface area contributed by atoms with Crippen molar-refractivity contribution in [1.29, 1.82) is 0 Å². The van der Waals surface area contributed by atoms with E-state index in [0.29, 0.717) is 0 Å². The first-order valence-corrected chi connectivity index (χ1v) is 11.5. The van der Waals surface area contributed by atoms with Crippen molar-refractivity contribution in [2.45, 2.75) is 26.2 Å². The molecule has 162 valence electrons. The average Bonchev–Trinajstić information content (AvgIpc) is 3.30. The molecule has 0 radical (unpaired) electrons. The lowest BCUT2D eigenvalue weighted by Crippen LogP contribution is -2.10. The molecular weight excluding hydrogens is 398 g/mol. The number of hydrogen-bond acceptors (Lipinski definition) is 0. The highest BCUT2D eigenvalue weighted by molar-refractivity contribution is 5.75. The molecule has 0 N–H and O–H groups in total. The number of hydrogen-bond donors (Lipinski definition) is 0. The molecule has 0 unspecified atom stereocenters. The van der Waals surface area contributed by atoms with E-state index in [1.807, 2.05) is 0 Å². The average molecular weight is 428 g/mol. The van der Waals surface area contributed by atoms with Gasteiger partial charge >= 0.3 is 0 Å². The fourth-order valence-electron chi connectivity index (χ4n) is 4.35. The maximum absolute atomic E-state index is 2.36. The lowest BCUT2D eigenvalue weighted by atomic mass is 9.86. The van der Waals surface area contributed by atoms with Gasteiger partial charge in [0.15, 0.2) is 0 Å². The van der Waals surface area contributed by atoms with Gasteiger partial charge in [-0.25, -0.2) is 0 Å². The van der Waals surface area contributed by atoms with Gasteiger partial charge in [-0.05, 0) is 57.5 Å². The summed E-state index contributed by atoms with van der Waals surface area (Å²) in [5.41, 5.74) is 9.94. The standard InChI is InChI=1S/C32H29N/c1-32(2,3)28-20-18-27(19-21-28)31-23-22-30(33(31)29-12-8-5-9-13-29)26-16-14-25(15-17-26)24-10-6-4-7-11-24/h4-23H,1-3H3. The molecule has 0 spiro atoms. The van der Waals surface area contributed by atoms with Crippen molar-refractivity contribution < 1.29 is 0 Å². The second-order valence-electron chi connectivity index (χ2n) is 9.55. The third kappa shape index (κ3) is 4.27. The van der Waals surface area contributed by atoms with Gasteiger partial charge < -0.3 is 4.57 Å². The third-order valence-electron chi connectivity index (χ3n) is 6.23. The number of para-hydroxylation sites is 1. The van der Waals surface area contributed by atoms with Crippen molar-refractivity contribution in [3.63, 3.8) is 0 Å². The molecule has 0 saturated heterocycles. The Bertz CT molecular complexity index is 1330. The van der Waals surface area contributed by atoms with E-state index in [1.54, 1.807) is 0 Å². The van der Waals surface area contributed by atoms with E-state index in [9.17, 15) is 0 Å². The predicted octanol–water partition coefficient (Wildman–Crippen LogP) is 8.78. The Morgan fingerprint density at radius 3 is 1.36 bits per heavy atom. The molecule has 33 heavy (non-hydrogen) atoms. The van der Waals surface area contributed by atoms with Gasteiger partial charge in [0.25, 0.3) is 0 Å². The molecule has 0 atom stereocenters. The van der Waals surface area contributed by atoms with E-state index in [-0.39, 0.29) is 5.41 Å². The van der Waals surface area contributed by atoms with Crippen LogP contribution in [0.1, 0.15) is 26.3 Å². The van der Waals surface area contributed by atoms with E-state index in [0.717, 1.165) is 0 Å². The molecule has 0 bridgehead atoms. The van der Waals surface area contributed by atoms with Crippen molar-refractivity contribution >= 4 is 0 Å². The molecule has 0 saturated carbocycles. The smallest absolute Gasteiger partial charge is 0.0535 e. The summed E-state index contributed by atoms with van der Waals surface area (Å²) in [6, 6.07) is 43.5. The van der Waals surface area contributed by atoms with Crippen LogP contribution in [-0.4, -0.2) is 4.57 Å². The molecule has 1 heterocycles. The topological polar surface area (TPSA) is 4.93 Å². The lowest BCUT2D eigenvalue weighted by Gasteiger charge is -2.20. The normalized spacial score (nSPS) is 11.5. The lowest BCUT2D eigenvalue weighted by molar-refractivity contribution is 0.590. The van der Waals surface area contributed by atoms with Crippen molar-refractivity contribution in [2.24, 2.45) is 0 Å². The second-order valence-corrected chi connectivity index (χ2v) is 9.55. The van der Waals surface area contributed by atoms with Gasteiger partial charge in [0.05, 0.1) is 11.4 Å². The molecule has 1 aromatic heterocycles. The summed E-state index contributed by atoms with van der Waals surface area (Å²) in [5, 5.41) is 0. The zero-order chi connectivity index (χ0) is 22.8. The van der Waals surface area contributed by atoms with Crippen LogP contribution in [0.5, 0.6) is 0 Å². The molecule has 1 heteroatoms. The Balaban J connectivity index is 1.60. The molecule has 0 amide bonds. The molecule has 4 aromatic carbocycles. The summed E-state index contributed by atoms with van der Waals surface area (Å²) in [7, 11) is 0. The number of aromatic nitrogens is 1. The van der Waals surface area contributed by atoms with Crippen LogP contribution in [-0.2, 0) is 5.41 Å². The van der Waals surface area contributed by atoms with E-state index < -0.39 is 0 Å². The summed E-state index contributed by atoms with van der Waals surface area (Å²) in [6.07, 6.45) is 0. The van der Waals surface area contributed by atoms with Gasteiger partial charge in [-0.15, -0.1) is 0 Å². The van der Waals surface area contributed by atoms with Crippen LogP contribution >= 0.6 is 0 Å². The molecule has 0 aliphatic heterocycles. The first-order chi connectivity index (χ1) is 16.0. The molecular formula is C32H29N. The van der Waals surface area contributed by atoms with E-state index >= 15 is 0 Å². The van der Waals surface area contributed by atoms with E-state index in [4.69, 9.17) is 0 Å². The van der Waals surface area contributed by atoms with Gasteiger partial charge in [-0.3, -0.25) is 0 Å². The highest BCUT2D eigenvalue weighted by Crippen LogP contribution is 2.34. The van der Waals surface area contributed by atoms with Gasteiger partial charge in [-0.2, -0.15) is 0 Å². The fourth-order valence-corrected chi connectivity index (χ4v) is 4.35. The zero-order valence-corrected chi connectivity index (χ0v) is 19.5. The van der Waals surface area contributed by atoms with Crippen molar-refractivity contribution in [3.8, 4) is 39.3 Å². The minimum absolute atomic E-state index is 0.144. The summed E-state index contributed by atoms with van der Waals surface area (Å²) < 4.78 is 2.36. The van der Waals surface area contributed by atoms with Crippen molar-refractivity contribution in [3.05, 3.63) is 127 Å². The monoisotopic (exact) mass is 427 g/mol. The van der Waals surface area contributed by atoms with Gasteiger partial charge in [0, 0.05) is 5.69 Å². The van der Waals surface area contributed by atoms with Crippen LogP contribution < -0.4 is 0 Å². The first kappa shape index (κ1) is 21.0. The number of rotatable bonds is 4. The quantitative estimate of drug-likeness (QED) is 0.270. The molecule has 0 aliphatic carbocycles. The number of nitrogens with zero attached hydrogens (tertiary/aromatic N) is 1. The summed E-state index contributed by atoms with van der Waals surface area (Å²) >= 11 is 0. The maximum Gasteiger partial charge on any atom is 0.0535 e. The highest BCUT2D eigenvalue weighted by atomic mass is 15.0. The van der Waals surface area contributed by atoms with Gasteiger partial charge in [-0.1, -0.05) is 118 Å². The summed E-state index contributed by atoms with van der Waals surface area (Å²) in [5.74, 6) is 0. The molecule has 5 aromatic rings. The highest BCUT2D eigenvalue weighted by Gasteiger charge is 2.16.